The lowest BCUT2D eigenvalue weighted by Gasteiger charge is -2.18. The van der Waals surface area contributed by atoms with Crippen molar-refractivity contribution < 1.29 is 9.59 Å². The Morgan fingerprint density at radius 1 is 1.09 bits per heavy atom. The Labute approximate surface area is 131 Å². The molecule has 2 rings (SSSR count). The molecule has 5 heteroatoms. The molecule has 0 radical (unpaired) electrons. The number of anilines is 1. The van der Waals surface area contributed by atoms with Gasteiger partial charge in [0.2, 0.25) is 11.8 Å². The van der Waals surface area contributed by atoms with Crippen LogP contribution in [0.4, 0.5) is 5.69 Å². The van der Waals surface area contributed by atoms with Crippen molar-refractivity contribution in [1.82, 2.24) is 9.80 Å². The van der Waals surface area contributed by atoms with Gasteiger partial charge in [0.05, 0.1) is 0 Å². The Kier molecular flexibility index (Phi) is 5.72. The Bertz CT molecular complexity index is 552. The molecule has 22 heavy (non-hydrogen) atoms. The molecule has 1 fully saturated rings. The summed E-state index contributed by atoms with van der Waals surface area (Å²) in [7, 11) is 2.08. The molecule has 1 heterocycles. The molecule has 0 bridgehead atoms. The smallest absolute Gasteiger partial charge is 0.246 e. The maximum Gasteiger partial charge on any atom is 0.246 e. The fourth-order valence-electron chi connectivity index (χ4n) is 2.42. The third-order valence-corrected chi connectivity index (χ3v) is 3.68. The first kappa shape index (κ1) is 16.2. The van der Waals surface area contributed by atoms with Crippen LogP contribution in [-0.2, 0) is 9.59 Å². The number of carbonyl (C=O) groups is 2. The molecular weight excluding hydrogens is 278 g/mol. The minimum Gasteiger partial charge on any atom is -0.338 e. The third kappa shape index (κ3) is 5.00. The summed E-state index contributed by atoms with van der Waals surface area (Å²) >= 11 is 0. The first-order valence-corrected chi connectivity index (χ1v) is 7.58. The minimum atomic E-state index is -0.0930. The summed E-state index contributed by atoms with van der Waals surface area (Å²) in [6, 6.07) is 7.41. The van der Waals surface area contributed by atoms with Crippen molar-refractivity contribution >= 4 is 23.6 Å². The molecule has 1 aromatic rings. The van der Waals surface area contributed by atoms with Crippen LogP contribution < -0.4 is 5.32 Å². The van der Waals surface area contributed by atoms with Gasteiger partial charge in [-0.3, -0.25) is 9.59 Å². The van der Waals surface area contributed by atoms with Crippen molar-refractivity contribution in [2.45, 2.75) is 13.3 Å². The van der Waals surface area contributed by atoms with Crippen molar-refractivity contribution in [3.63, 3.8) is 0 Å². The Balaban J connectivity index is 1.92. The highest BCUT2D eigenvalue weighted by atomic mass is 16.2. The van der Waals surface area contributed by atoms with E-state index in [2.05, 4.69) is 17.3 Å². The number of carbonyl (C=O) groups excluding carboxylic acids is 2. The predicted octanol–water partition coefficient (Wildman–Crippen LogP) is 1.82. The number of rotatable bonds is 3. The van der Waals surface area contributed by atoms with E-state index in [0.717, 1.165) is 43.9 Å². The number of benzene rings is 1. The molecule has 0 spiro atoms. The SMILES string of the molecule is CC(=O)Nc1ccc(/C=C/C(=O)N2CCCN(C)CC2)cc1. The van der Waals surface area contributed by atoms with Crippen LogP contribution in [0, 0.1) is 0 Å². The Morgan fingerprint density at radius 2 is 1.82 bits per heavy atom. The van der Waals surface area contributed by atoms with Crippen LogP contribution in [0.2, 0.25) is 0 Å². The molecule has 0 atom stereocenters. The second-order valence-corrected chi connectivity index (χ2v) is 5.62. The summed E-state index contributed by atoms with van der Waals surface area (Å²) in [5, 5.41) is 2.72. The van der Waals surface area contributed by atoms with Crippen LogP contribution in [-0.4, -0.2) is 54.8 Å². The Hall–Kier alpha value is -2.14. The first-order valence-electron chi connectivity index (χ1n) is 7.58. The summed E-state index contributed by atoms with van der Waals surface area (Å²) < 4.78 is 0. The number of hydrogen-bond donors (Lipinski definition) is 1. The number of amides is 2. The molecule has 0 saturated carbocycles. The van der Waals surface area contributed by atoms with E-state index in [1.165, 1.54) is 6.92 Å². The van der Waals surface area contributed by atoms with E-state index in [1.54, 1.807) is 6.08 Å². The number of nitrogens with one attached hydrogen (secondary N) is 1. The molecule has 1 N–H and O–H groups in total. The zero-order valence-electron chi connectivity index (χ0n) is 13.2. The lowest BCUT2D eigenvalue weighted by molar-refractivity contribution is -0.125. The summed E-state index contributed by atoms with van der Waals surface area (Å²) in [6.07, 6.45) is 4.45. The van der Waals surface area contributed by atoms with Crippen LogP contribution in [0.1, 0.15) is 18.9 Å². The van der Waals surface area contributed by atoms with Gasteiger partial charge in [0.15, 0.2) is 0 Å². The standard InChI is InChI=1S/C17H23N3O2/c1-14(21)18-16-7-4-15(5-8-16)6-9-17(22)20-11-3-10-19(2)12-13-20/h4-9H,3,10-13H2,1-2H3,(H,18,21)/b9-6+. The number of nitrogens with zero attached hydrogens (tertiary/aromatic N) is 2. The van der Waals surface area contributed by atoms with E-state index >= 15 is 0 Å². The van der Waals surface area contributed by atoms with E-state index in [0.29, 0.717) is 0 Å². The highest BCUT2D eigenvalue weighted by Gasteiger charge is 2.14. The van der Waals surface area contributed by atoms with Crippen LogP contribution in [0.15, 0.2) is 30.3 Å². The van der Waals surface area contributed by atoms with E-state index < -0.39 is 0 Å². The lowest BCUT2D eigenvalue weighted by Crippen LogP contribution is -2.33. The summed E-state index contributed by atoms with van der Waals surface area (Å²) in [6.45, 7) is 5.03. The zero-order valence-corrected chi connectivity index (χ0v) is 13.2. The average molecular weight is 301 g/mol. The maximum absolute atomic E-state index is 12.2. The lowest BCUT2D eigenvalue weighted by atomic mass is 10.2. The summed E-state index contributed by atoms with van der Waals surface area (Å²) in [4.78, 5) is 27.3. The highest BCUT2D eigenvalue weighted by molar-refractivity contribution is 5.92. The topological polar surface area (TPSA) is 52.7 Å². The van der Waals surface area contributed by atoms with Gasteiger partial charge in [0.25, 0.3) is 0 Å². The monoisotopic (exact) mass is 301 g/mol. The van der Waals surface area contributed by atoms with Gasteiger partial charge in [-0.15, -0.1) is 0 Å². The van der Waals surface area contributed by atoms with Gasteiger partial charge in [-0.2, -0.15) is 0 Å². The van der Waals surface area contributed by atoms with Gasteiger partial charge < -0.3 is 15.1 Å². The van der Waals surface area contributed by atoms with E-state index in [4.69, 9.17) is 0 Å². The quantitative estimate of drug-likeness (QED) is 0.867. The molecule has 1 saturated heterocycles. The van der Waals surface area contributed by atoms with Crippen molar-refractivity contribution in [1.29, 1.82) is 0 Å². The van der Waals surface area contributed by atoms with Crippen LogP contribution in [0.5, 0.6) is 0 Å². The van der Waals surface area contributed by atoms with Gasteiger partial charge in [0.1, 0.15) is 0 Å². The van der Waals surface area contributed by atoms with Gasteiger partial charge in [-0.05, 0) is 43.8 Å². The predicted molar refractivity (Wildman–Crippen MR) is 88.5 cm³/mol. The van der Waals surface area contributed by atoms with E-state index in [9.17, 15) is 9.59 Å². The minimum absolute atomic E-state index is 0.0567. The van der Waals surface area contributed by atoms with Gasteiger partial charge >= 0.3 is 0 Å². The fraction of sp³-hybridized carbons (Fsp3) is 0.412. The Morgan fingerprint density at radius 3 is 2.50 bits per heavy atom. The third-order valence-electron chi connectivity index (χ3n) is 3.68. The van der Waals surface area contributed by atoms with Gasteiger partial charge in [-0.1, -0.05) is 12.1 Å². The number of hydrogen-bond acceptors (Lipinski definition) is 3. The first-order chi connectivity index (χ1) is 10.5. The summed E-state index contributed by atoms with van der Waals surface area (Å²) in [5.74, 6) is -0.0363. The molecule has 0 unspecified atom stereocenters. The van der Waals surface area contributed by atoms with Crippen molar-refractivity contribution in [2.24, 2.45) is 0 Å². The van der Waals surface area contributed by atoms with Crippen molar-refractivity contribution in [2.75, 3.05) is 38.5 Å². The van der Waals surface area contributed by atoms with Crippen LogP contribution >= 0.6 is 0 Å². The van der Waals surface area contributed by atoms with Crippen molar-refractivity contribution in [3.05, 3.63) is 35.9 Å². The average Bonchev–Trinajstić information content (AvgIpc) is 2.70. The van der Waals surface area contributed by atoms with Gasteiger partial charge in [-0.25, -0.2) is 0 Å². The largest absolute Gasteiger partial charge is 0.338 e. The van der Waals surface area contributed by atoms with Crippen LogP contribution in [0.3, 0.4) is 0 Å². The second-order valence-electron chi connectivity index (χ2n) is 5.62. The molecule has 1 aliphatic heterocycles. The van der Waals surface area contributed by atoms with Crippen molar-refractivity contribution in [3.8, 4) is 0 Å². The zero-order chi connectivity index (χ0) is 15.9. The van der Waals surface area contributed by atoms with Gasteiger partial charge in [0, 0.05) is 38.3 Å². The number of likely N-dealkylation sites (N-methyl/N-ethyl adjacent to an activating group) is 1. The molecule has 118 valence electrons. The summed E-state index contributed by atoms with van der Waals surface area (Å²) in [5.41, 5.74) is 1.70. The molecule has 1 aliphatic rings. The maximum atomic E-state index is 12.2. The van der Waals surface area contributed by atoms with E-state index in [-0.39, 0.29) is 11.8 Å². The van der Waals surface area contributed by atoms with E-state index in [1.807, 2.05) is 35.2 Å². The molecule has 0 aromatic heterocycles. The molecule has 5 nitrogen and oxygen atoms in total. The highest BCUT2D eigenvalue weighted by Crippen LogP contribution is 2.11. The molecular formula is C17H23N3O2. The van der Waals surface area contributed by atoms with Crippen LogP contribution in [0.25, 0.3) is 6.08 Å². The molecule has 0 aliphatic carbocycles. The normalized spacial score (nSPS) is 16.5. The molecule has 1 aromatic carbocycles. The molecule has 2 amide bonds. The fourth-order valence-corrected chi connectivity index (χ4v) is 2.42. The second kappa shape index (κ2) is 7.75.